The molecule has 1 atom stereocenters. The molecule has 0 spiro atoms. The fraction of sp³-hybridized carbons (Fsp3) is 0.280. The lowest BCUT2D eigenvalue weighted by Gasteiger charge is -2.35. The highest BCUT2D eigenvalue weighted by atomic mass is 35.5. The molecular weight excluding hydrogens is 544 g/mol. The molecule has 0 aliphatic carbocycles. The van der Waals surface area contributed by atoms with Gasteiger partial charge in [-0.05, 0) is 55.7 Å². The Kier molecular flexibility index (Phi) is 7.82. The zero-order valence-corrected chi connectivity index (χ0v) is 22.3. The molecule has 1 aliphatic rings. The number of carbonyl (C=O) groups is 1. The predicted octanol–water partition coefficient (Wildman–Crippen LogP) is 5.73. The number of fused-ring (bicyclic) bond motifs is 1. The third-order valence-electron chi connectivity index (χ3n) is 5.91. The molecule has 0 amide bonds. The van der Waals surface area contributed by atoms with Crippen LogP contribution in [-0.2, 0) is 21.4 Å². The average Bonchev–Trinajstić information content (AvgIpc) is 3.23. The highest BCUT2D eigenvalue weighted by Crippen LogP contribution is 2.40. The Bertz CT molecular complexity index is 1470. The van der Waals surface area contributed by atoms with Gasteiger partial charge in [0.25, 0.3) is 10.0 Å². The van der Waals surface area contributed by atoms with Crippen molar-refractivity contribution < 1.29 is 27.4 Å². The van der Waals surface area contributed by atoms with Crippen LogP contribution in [0.1, 0.15) is 37.8 Å². The number of carboxylic acids is 1. The number of hydrogen-bond donors (Lipinski definition) is 1. The Balaban J connectivity index is 1.79. The molecule has 3 aromatic rings. The fourth-order valence-electron chi connectivity index (χ4n) is 4.11. The number of benzene rings is 2. The SMILES string of the molecule is CCn1cc(S(=O)(=O)N2CC(CCC(=O)O)Oc3ccc(C=C(C)c4c(F)cccc4Cl)cc32)c(Cl)n1. The minimum atomic E-state index is -4.19. The molecule has 4 rings (SSSR count). The van der Waals surface area contributed by atoms with Gasteiger partial charge >= 0.3 is 5.97 Å². The molecule has 0 bridgehead atoms. The summed E-state index contributed by atoms with van der Waals surface area (Å²) >= 11 is 12.4. The van der Waals surface area contributed by atoms with E-state index in [0.29, 0.717) is 17.7 Å². The van der Waals surface area contributed by atoms with E-state index in [1.54, 1.807) is 44.2 Å². The normalized spacial score (nSPS) is 15.9. The first-order valence-corrected chi connectivity index (χ1v) is 13.6. The predicted molar refractivity (Wildman–Crippen MR) is 140 cm³/mol. The van der Waals surface area contributed by atoms with Gasteiger partial charge in [-0.2, -0.15) is 5.10 Å². The Labute approximate surface area is 223 Å². The summed E-state index contributed by atoms with van der Waals surface area (Å²) in [6.07, 6.45) is 2.26. The third-order valence-corrected chi connectivity index (χ3v) is 8.40. The number of nitrogens with zero attached hydrogens (tertiary/aromatic N) is 3. The van der Waals surface area contributed by atoms with Crippen molar-refractivity contribution in [1.82, 2.24) is 9.78 Å². The number of allylic oxidation sites excluding steroid dienone is 1. The lowest BCUT2D eigenvalue weighted by atomic mass is 10.0. The molecule has 12 heteroatoms. The quantitative estimate of drug-likeness (QED) is 0.349. The first-order valence-electron chi connectivity index (χ1n) is 11.4. The summed E-state index contributed by atoms with van der Waals surface area (Å²) in [4.78, 5) is 11.0. The van der Waals surface area contributed by atoms with E-state index in [2.05, 4.69) is 5.10 Å². The van der Waals surface area contributed by atoms with Gasteiger partial charge in [0.2, 0.25) is 0 Å². The van der Waals surface area contributed by atoms with Crippen LogP contribution in [0, 0.1) is 5.82 Å². The molecule has 1 unspecified atom stereocenters. The summed E-state index contributed by atoms with van der Waals surface area (Å²) in [6, 6.07) is 9.32. The number of halogens is 3. The van der Waals surface area contributed by atoms with Crippen molar-refractivity contribution in [3.63, 3.8) is 0 Å². The second-order valence-electron chi connectivity index (χ2n) is 8.50. The monoisotopic (exact) mass is 567 g/mol. The molecule has 196 valence electrons. The summed E-state index contributed by atoms with van der Waals surface area (Å²) in [7, 11) is -4.19. The molecular formula is C25H24Cl2FN3O5S. The zero-order chi connectivity index (χ0) is 26.9. The van der Waals surface area contributed by atoms with Crippen molar-refractivity contribution in [2.75, 3.05) is 10.8 Å². The molecule has 0 radical (unpaired) electrons. The second kappa shape index (κ2) is 10.7. The number of ether oxygens (including phenoxy) is 1. The number of aromatic nitrogens is 2. The van der Waals surface area contributed by atoms with Gasteiger partial charge in [0.15, 0.2) is 5.15 Å². The summed E-state index contributed by atoms with van der Waals surface area (Å²) in [5.74, 6) is -1.22. The summed E-state index contributed by atoms with van der Waals surface area (Å²) < 4.78 is 50.5. The number of aliphatic carboxylic acids is 1. The number of rotatable bonds is 8. The first kappa shape index (κ1) is 27.0. The number of hydrogen-bond acceptors (Lipinski definition) is 5. The molecule has 1 aliphatic heterocycles. The van der Waals surface area contributed by atoms with E-state index < -0.39 is 27.9 Å². The Morgan fingerprint density at radius 2 is 2.05 bits per heavy atom. The van der Waals surface area contributed by atoms with E-state index in [9.17, 15) is 17.6 Å². The van der Waals surface area contributed by atoms with Crippen LogP contribution in [0.15, 0.2) is 47.5 Å². The highest BCUT2D eigenvalue weighted by molar-refractivity contribution is 7.93. The van der Waals surface area contributed by atoms with Crippen molar-refractivity contribution in [2.24, 2.45) is 0 Å². The van der Waals surface area contributed by atoms with Crippen molar-refractivity contribution in [2.45, 2.75) is 44.2 Å². The van der Waals surface area contributed by atoms with Crippen molar-refractivity contribution in [3.8, 4) is 5.75 Å². The number of aryl methyl sites for hydroxylation is 1. The molecule has 0 saturated heterocycles. The van der Waals surface area contributed by atoms with Gasteiger partial charge in [-0.25, -0.2) is 12.8 Å². The minimum Gasteiger partial charge on any atom is -0.486 e. The molecule has 0 saturated carbocycles. The Morgan fingerprint density at radius 1 is 1.30 bits per heavy atom. The van der Waals surface area contributed by atoms with E-state index in [1.165, 1.54) is 23.0 Å². The molecule has 1 aromatic heterocycles. The van der Waals surface area contributed by atoms with Crippen LogP contribution >= 0.6 is 23.2 Å². The third kappa shape index (κ3) is 5.61. The van der Waals surface area contributed by atoms with Gasteiger partial charge in [0.05, 0.1) is 17.3 Å². The maximum absolute atomic E-state index is 14.4. The van der Waals surface area contributed by atoms with E-state index in [0.717, 1.165) is 4.31 Å². The molecule has 8 nitrogen and oxygen atoms in total. The number of sulfonamides is 1. The standard InChI is InChI=1S/C25H24Cl2FN3O5S/c1-3-30-14-22(25(27)29-30)37(34,35)31-13-17(8-10-23(32)33)36-21-9-7-16(12-20(21)31)11-15(2)24-18(26)5-4-6-19(24)28/h4-7,9,11-12,14,17H,3,8,10,13H2,1-2H3,(H,32,33). The fourth-order valence-corrected chi connectivity index (χ4v) is 6.37. The summed E-state index contributed by atoms with van der Waals surface area (Å²) in [5, 5.41) is 13.2. The van der Waals surface area contributed by atoms with Crippen LogP contribution in [0.3, 0.4) is 0 Å². The lowest BCUT2D eigenvalue weighted by molar-refractivity contribution is -0.137. The second-order valence-corrected chi connectivity index (χ2v) is 11.1. The lowest BCUT2D eigenvalue weighted by Crippen LogP contribution is -2.43. The van der Waals surface area contributed by atoms with Gasteiger partial charge in [0, 0.05) is 24.7 Å². The maximum Gasteiger partial charge on any atom is 0.303 e. The van der Waals surface area contributed by atoms with Crippen LogP contribution in [0.5, 0.6) is 5.75 Å². The smallest absolute Gasteiger partial charge is 0.303 e. The van der Waals surface area contributed by atoms with Gasteiger partial charge in [-0.3, -0.25) is 13.8 Å². The summed E-state index contributed by atoms with van der Waals surface area (Å²) in [5.41, 5.74) is 1.61. The largest absolute Gasteiger partial charge is 0.486 e. The molecule has 0 fully saturated rings. The molecule has 37 heavy (non-hydrogen) atoms. The van der Waals surface area contributed by atoms with Gasteiger partial charge < -0.3 is 9.84 Å². The van der Waals surface area contributed by atoms with Gasteiger partial charge in [-0.15, -0.1) is 0 Å². The van der Waals surface area contributed by atoms with Crippen LogP contribution in [0.2, 0.25) is 10.2 Å². The Hall–Kier alpha value is -3.08. The number of carboxylic acid groups (broad SMARTS) is 1. The van der Waals surface area contributed by atoms with Gasteiger partial charge in [-0.1, -0.05) is 41.4 Å². The van der Waals surface area contributed by atoms with Crippen LogP contribution in [-0.4, -0.2) is 41.9 Å². The van der Waals surface area contributed by atoms with Crippen LogP contribution in [0.4, 0.5) is 10.1 Å². The molecule has 2 heterocycles. The van der Waals surface area contributed by atoms with E-state index in [4.69, 9.17) is 33.0 Å². The van der Waals surface area contributed by atoms with E-state index in [1.807, 2.05) is 0 Å². The van der Waals surface area contributed by atoms with Crippen molar-refractivity contribution >= 4 is 56.5 Å². The topological polar surface area (TPSA) is 102 Å². The van der Waals surface area contributed by atoms with Crippen molar-refractivity contribution in [1.29, 1.82) is 0 Å². The molecule has 1 N–H and O–H groups in total. The van der Waals surface area contributed by atoms with Crippen LogP contribution in [0.25, 0.3) is 11.6 Å². The van der Waals surface area contributed by atoms with Gasteiger partial charge in [0.1, 0.15) is 22.6 Å². The maximum atomic E-state index is 14.4. The van der Waals surface area contributed by atoms with Crippen LogP contribution < -0.4 is 9.04 Å². The summed E-state index contributed by atoms with van der Waals surface area (Å²) in [6.45, 7) is 3.80. The zero-order valence-electron chi connectivity index (χ0n) is 20.0. The number of anilines is 1. The minimum absolute atomic E-state index is 0.106. The van der Waals surface area contributed by atoms with Crippen molar-refractivity contribution in [3.05, 3.63) is 69.7 Å². The molecule has 2 aromatic carbocycles. The van der Waals surface area contributed by atoms with E-state index in [-0.39, 0.29) is 51.5 Å². The average molecular weight is 568 g/mol. The highest BCUT2D eigenvalue weighted by Gasteiger charge is 2.37. The first-order chi connectivity index (χ1) is 17.5. The Morgan fingerprint density at radius 3 is 2.70 bits per heavy atom. The van der Waals surface area contributed by atoms with E-state index >= 15 is 0 Å².